The lowest BCUT2D eigenvalue weighted by molar-refractivity contribution is 0.277. The number of nitrogens with one attached hydrogen (secondary N) is 1. The number of piperidine rings is 1. The van der Waals surface area contributed by atoms with Gasteiger partial charge in [-0.05, 0) is 37.8 Å². The summed E-state index contributed by atoms with van der Waals surface area (Å²) in [7, 11) is 0. The summed E-state index contributed by atoms with van der Waals surface area (Å²) in [5.41, 5.74) is 10.7. The van der Waals surface area contributed by atoms with Crippen molar-refractivity contribution in [3.05, 3.63) is 42.0 Å². The second kappa shape index (κ2) is 6.58. The molecule has 7 nitrogen and oxygen atoms in total. The van der Waals surface area contributed by atoms with Crippen molar-refractivity contribution < 1.29 is 5.11 Å². The molecule has 2 bridgehead atoms. The lowest BCUT2D eigenvalue weighted by Gasteiger charge is -2.33. The number of hydrogen-bond donors (Lipinski definition) is 3. The minimum absolute atomic E-state index is 0.0668. The molecule has 3 aromatic heterocycles. The van der Waals surface area contributed by atoms with E-state index in [0.717, 1.165) is 35.4 Å². The Labute approximate surface area is 157 Å². The molecule has 3 atom stereocenters. The van der Waals surface area contributed by atoms with Crippen LogP contribution in [0.1, 0.15) is 43.0 Å². The van der Waals surface area contributed by atoms with Crippen molar-refractivity contribution in [1.82, 2.24) is 24.9 Å². The van der Waals surface area contributed by atoms with Gasteiger partial charge < -0.3 is 16.2 Å². The summed E-state index contributed by atoms with van der Waals surface area (Å²) in [6, 6.07) is 6.36. The average molecular weight is 364 g/mol. The number of aliphatic hydroxyl groups is 1. The van der Waals surface area contributed by atoms with Gasteiger partial charge in [-0.25, -0.2) is 4.98 Å². The number of nitrogen functional groups attached to an aromatic ring is 1. The van der Waals surface area contributed by atoms with Crippen LogP contribution in [0.4, 0.5) is 5.82 Å². The third-order valence-corrected chi connectivity index (χ3v) is 6.10. The molecular formula is C20H24N6O. The molecule has 2 aliphatic heterocycles. The topological polar surface area (TPSA) is 101 Å². The highest BCUT2D eigenvalue weighted by Gasteiger charge is 2.35. The van der Waals surface area contributed by atoms with Crippen LogP contribution in [0.25, 0.3) is 16.8 Å². The molecule has 140 valence electrons. The molecule has 0 radical (unpaired) electrons. The Morgan fingerprint density at radius 3 is 3.00 bits per heavy atom. The molecular weight excluding hydrogens is 340 g/mol. The Balaban J connectivity index is 1.59. The highest BCUT2D eigenvalue weighted by molar-refractivity contribution is 5.77. The van der Waals surface area contributed by atoms with Crippen LogP contribution < -0.4 is 11.1 Å². The molecule has 0 amide bonds. The van der Waals surface area contributed by atoms with Crippen molar-refractivity contribution in [2.45, 2.75) is 44.2 Å². The smallest absolute Gasteiger partial charge is 0.165 e. The fourth-order valence-corrected chi connectivity index (χ4v) is 4.63. The van der Waals surface area contributed by atoms with Crippen molar-refractivity contribution >= 4 is 11.5 Å². The molecule has 1 aliphatic carbocycles. The van der Waals surface area contributed by atoms with Crippen LogP contribution in [0.2, 0.25) is 0 Å². The van der Waals surface area contributed by atoms with Gasteiger partial charge in [-0.2, -0.15) is 9.61 Å². The monoisotopic (exact) mass is 364 g/mol. The van der Waals surface area contributed by atoms with Crippen LogP contribution in [0.15, 0.2) is 30.6 Å². The zero-order valence-electron chi connectivity index (χ0n) is 15.2. The van der Waals surface area contributed by atoms with E-state index in [1.165, 1.54) is 19.3 Å². The average Bonchev–Trinajstić information content (AvgIpc) is 2.87. The molecule has 3 unspecified atom stereocenters. The molecule has 3 aromatic rings. The number of pyridine rings is 1. The van der Waals surface area contributed by atoms with Crippen molar-refractivity contribution in [1.29, 1.82) is 0 Å². The van der Waals surface area contributed by atoms with Gasteiger partial charge >= 0.3 is 0 Å². The molecule has 1 saturated carbocycles. The van der Waals surface area contributed by atoms with E-state index < -0.39 is 0 Å². The Morgan fingerprint density at radius 1 is 1.26 bits per heavy atom. The summed E-state index contributed by atoms with van der Waals surface area (Å²) in [6.45, 7) is 1.00. The molecule has 4 N–H and O–H groups in total. The van der Waals surface area contributed by atoms with Crippen molar-refractivity contribution in [3.63, 3.8) is 0 Å². The van der Waals surface area contributed by atoms with Gasteiger partial charge in [0.15, 0.2) is 5.65 Å². The van der Waals surface area contributed by atoms with Crippen molar-refractivity contribution in [3.8, 4) is 11.1 Å². The van der Waals surface area contributed by atoms with Crippen LogP contribution in [0.3, 0.4) is 0 Å². The molecule has 7 heteroatoms. The standard InChI is InChI=1S/C20H24N6O/c21-19-7-18(16-6-14-3-1-2-12(16)8-22-14)25-20-17(10-24-26(19)20)13-4-5-15(11-27)23-9-13/h4-5,7,9-10,12,14,16,22,27H,1-3,6,8,11,21H2. The number of rotatable bonds is 3. The third kappa shape index (κ3) is 2.87. The zero-order valence-corrected chi connectivity index (χ0v) is 15.2. The first-order valence-corrected chi connectivity index (χ1v) is 9.66. The summed E-state index contributed by atoms with van der Waals surface area (Å²) in [4.78, 5) is 9.30. The van der Waals surface area contributed by atoms with Crippen LogP contribution in [0.5, 0.6) is 0 Å². The summed E-state index contributed by atoms with van der Waals surface area (Å²) in [6.07, 6.45) is 8.47. The van der Waals surface area contributed by atoms with Gasteiger partial charge in [0.2, 0.25) is 0 Å². The third-order valence-electron chi connectivity index (χ3n) is 6.10. The SMILES string of the molecule is Nc1cc(C2CC3CCCC2CN3)nc2c(-c3ccc(CO)nc3)cnn12. The summed E-state index contributed by atoms with van der Waals surface area (Å²) in [5.74, 6) is 1.69. The first-order chi connectivity index (χ1) is 13.2. The Hall–Kier alpha value is -2.51. The van der Waals surface area contributed by atoms with E-state index in [0.29, 0.717) is 29.4 Å². The van der Waals surface area contributed by atoms with Crippen LogP contribution >= 0.6 is 0 Å². The van der Waals surface area contributed by atoms with Gasteiger partial charge in [-0.3, -0.25) is 4.98 Å². The van der Waals surface area contributed by atoms with E-state index in [-0.39, 0.29) is 6.61 Å². The number of nitrogens with two attached hydrogens (primary N) is 1. The number of aromatic nitrogens is 4. The normalized spacial score (nSPS) is 25.0. The largest absolute Gasteiger partial charge is 0.390 e. The molecule has 27 heavy (non-hydrogen) atoms. The summed E-state index contributed by atoms with van der Waals surface area (Å²) < 4.78 is 1.70. The number of hydrogen-bond acceptors (Lipinski definition) is 6. The lowest BCUT2D eigenvalue weighted by Crippen LogP contribution is -2.40. The van der Waals surface area contributed by atoms with Gasteiger partial charge in [0, 0.05) is 35.3 Å². The fourth-order valence-electron chi connectivity index (χ4n) is 4.63. The van der Waals surface area contributed by atoms with Gasteiger partial charge in [-0.1, -0.05) is 12.5 Å². The van der Waals surface area contributed by atoms with Crippen molar-refractivity contribution in [2.24, 2.45) is 5.92 Å². The van der Waals surface area contributed by atoms with Crippen molar-refractivity contribution in [2.75, 3.05) is 12.3 Å². The van der Waals surface area contributed by atoms with Gasteiger partial charge in [-0.15, -0.1) is 0 Å². The maximum atomic E-state index is 9.21. The fraction of sp³-hybridized carbons (Fsp3) is 0.450. The van der Waals surface area contributed by atoms with E-state index in [1.807, 2.05) is 18.2 Å². The van der Waals surface area contributed by atoms with E-state index in [9.17, 15) is 5.11 Å². The molecule has 5 heterocycles. The minimum Gasteiger partial charge on any atom is -0.390 e. The lowest BCUT2D eigenvalue weighted by atomic mass is 9.81. The molecule has 3 aliphatic rings. The maximum Gasteiger partial charge on any atom is 0.165 e. The number of anilines is 1. The molecule has 0 aromatic carbocycles. The molecule has 6 rings (SSSR count). The second-order valence-corrected chi connectivity index (χ2v) is 7.73. The molecule has 2 saturated heterocycles. The zero-order chi connectivity index (χ0) is 18.4. The number of nitrogens with zero attached hydrogens (tertiary/aromatic N) is 4. The van der Waals surface area contributed by atoms with Gasteiger partial charge in [0.05, 0.1) is 24.2 Å². The summed E-state index contributed by atoms with van der Waals surface area (Å²) in [5, 5.41) is 17.3. The predicted octanol–water partition coefficient (Wildman–Crippen LogP) is 2.11. The highest BCUT2D eigenvalue weighted by Crippen LogP contribution is 2.40. The first kappa shape index (κ1) is 16.6. The van der Waals surface area contributed by atoms with Crippen LogP contribution in [0, 0.1) is 5.92 Å². The quantitative estimate of drug-likeness (QED) is 0.658. The number of aliphatic hydroxyl groups excluding tert-OH is 1. The maximum absolute atomic E-state index is 9.21. The van der Waals surface area contributed by atoms with Gasteiger partial charge in [0.1, 0.15) is 5.82 Å². The highest BCUT2D eigenvalue weighted by atomic mass is 16.3. The van der Waals surface area contributed by atoms with Crippen LogP contribution in [-0.4, -0.2) is 37.3 Å². The van der Waals surface area contributed by atoms with Crippen LogP contribution in [-0.2, 0) is 6.61 Å². The minimum atomic E-state index is -0.0668. The van der Waals surface area contributed by atoms with E-state index in [4.69, 9.17) is 10.7 Å². The first-order valence-electron chi connectivity index (χ1n) is 9.66. The Morgan fingerprint density at radius 2 is 2.19 bits per heavy atom. The summed E-state index contributed by atoms with van der Waals surface area (Å²) >= 11 is 0. The van der Waals surface area contributed by atoms with E-state index in [1.54, 1.807) is 16.9 Å². The Kier molecular flexibility index (Phi) is 4.06. The van der Waals surface area contributed by atoms with E-state index >= 15 is 0 Å². The predicted molar refractivity (Wildman–Crippen MR) is 103 cm³/mol. The Bertz CT molecular complexity index is 963. The van der Waals surface area contributed by atoms with Gasteiger partial charge in [0.25, 0.3) is 0 Å². The second-order valence-electron chi connectivity index (χ2n) is 7.73. The molecule has 0 spiro atoms. The van der Waals surface area contributed by atoms with E-state index in [2.05, 4.69) is 15.4 Å². The number of fused-ring (bicyclic) bond motifs is 5. The molecule has 3 fully saturated rings.